The van der Waals surface area contributed by atoms with Crippen LogP contribution in [-0.4, -0.2) is 39.4 Å². The Morgan fingerprint density at radius 2 is 1.97 bits per heavy atom. The number of aromatic hydroxyl groups is 1. The molecule has 3 heterocycles. The number of alkyl halides is 3. The largest absolute Gasteiger partial charge is 0.507 e. The maximum Gasteiger partial charge on any atom is 0.416 e. The summed E-state index contributed by atoms with van der Waals surface area (Å²) < 4.78 is 38.7. The van der Waals surface area contributed by atoms with E-state index in [1.165, 1.54) is 6.07 Å². The molecule has 1 atom stereocenters. The number of halogens is 3. The lowest BCUT2D eigenvalue weighted by Gasteiger charge is -2.18. The first-order valence-corrected chi connectivity index (χ1v) is 9.42. The van der Waals surface area contributed by atoms with Gasteiger partial charge in [0.15, 0.2) is 5.82 Å². The van der Waals surface area contributed by atoms with Gasteiger partial charge in [0.05, 0.1) is 5.56 Å². The second-order valence-electron chi connectivity index (χ2n) is 7.09. The Hall–Kier alpha value is -2.94. The summed E-state index contributed by atoms with van der Waals surface area (Å²) in [5, 5.41) is 26.8. The van der Waals surface area contributed by atoms with Crippen LogP contribution >= 0.6 is 0 Å². The zero-order chi connectivity index (χ0) is 20.4. The summed E-state index contributed by atoms with van der Waals surface area (Å²) in [6.07, 6.45) is 1.91. The van der Waals surface area contributed by atoms with Crippen LogP contribution in [-0.2, 0) is 6.18 Å². The maximum atomic E-state index is 12.9. The first-order valence-electron chi connectivity index (χ1n) is 9.42. The molecule has 9 heteroatoms. The van der Waals surface area contributed by atoms with E-state index in [1.54, 1.807) is 18.5 Å². The van der Waals surface area contributed by atoms with E-state index in [4.69, 9.17) is 0 Å². The summed E-state index contributed by atoms with van der Waals surface area (Å²) in [6.45, 7) is 1.79. The topological polar surface area (TPSA) is 83.0 Å². The average molecular weight is 403 g/mol. The Bertz CT molecular complexity index is 1020. The van der Waals surface area contributed by atoms with Crippen LogP contribution in [0.5, 0.6) is 5.75 Å². The molecule has 29 heavy (non-hydrogen) atoms. The van der Waals surface area contributed by atoms with Crippen molar-refractivity contribution >= 4 is 16.6 Å². The van der Waals surface area contributed by atoms with Crippen molar-refractivity contribution in [2.75, 3.05) is 18.4 Å². The fraction of sp³-hybridized carbons (Fsp3) is 0.350. The lowest BCUT2D eigenvalue weighted by atomic mass is 10.0. The number of aromatic nitrogens is 3. The van der Waals surface area contributed by atoms with Gasteiger partial charge in [0.2, 0.25) is 0 Å². The number of rotatable bonds is 3. The number of hydrogen-bond donors (Lipinski definition) is 3. The summed E-state index contributed by atoms with van der Waals surface area (Å²) in [5.74, 6) is 0.0675. The van der Waals surface area contributed by atoms with Crippen LogP contribution in [0.15, 0.2) is 36.7 Å². The number of fused-ring (bicyclic) bond motifs is 1. The third-order valence-corrected chi connectivity index (χ3v) is 5.05. The highest BCUT2D eigenvalue weighted by molar-refractivity contribution is 6.00. The summed E-state index contributed by atoms with van der Waals surface area (Å²) in [4.78, 5) is 4.15. The van der Waals surface area contributed by atoms with Gasteiger partial charge in [0.1, 0.15) is 11.4 Å². The van der Waals surface area contributed by atoms with Crippen molar-refractivity contribution in [2.45, 2.75) is 31.5 Å². The van der Waals surface area contributed by atoms with Crippen molar-refractivity contribution in [3.8, 4) is 17.0 Å². The Balaban J connectivity index is 1.74. The first-order chi connectivity index (χ1) is 13.9. The second kappa shape index (κ2) is 7.82. The monoisotopic (exact) mass is 403 g/mol. The normalized spacial score (nSPS) is 17.8. The van der Waals surface area contributed by atoms with E-state index < -0.39 is 17.5 Å². The first kappa shape index (κ1) is 19.4. The molecule has 0 unspecified atom stereocenters. The van der Waals surface area contributed by atoms with E-state index in [0.717, 1.165) is 38.4 Å². The van der Waals surface area contributed by atoms with Gasteiger partial charge in [0.25, 0.3) is 0 Å². The molecule has 0 spiro atoms. The number of anilines is 1. The molecule has 0 aliphatic carbocycles. The van der Waals surface area contributed by atoms with E-state index in [1.807, 2.05) is 0 Å². The van der Waals surface area contributed by atoms with Gasteiger partial charge < -0.3 is 15.7 Å². The zero-order valence-electron chi connectivity index (χ0n) is 15.5. The molecular weight excluding hydrogens is 383 g/mol. The molecule has 1 aliphatic rings. The molecule has 3 N–H and O–H groups in total. The molecule has 0 amide bonds. The van der Waals surface area contributed by atoms with E-state index >= 15 is 0 Å². The van der Waals surface area contributed by atoms with Gasteiger partial charge in [0, 0.05) is 41.3 Å². The van der Waals surface area contributed by atoms with Gasteiger partial charge in [-0.3, -0.25) is 4.98 Å². The minimum atomic E-state index is -4.53. The summed E-state index contributed by atoms with van der Waals surface area (Å²) in [5.41, 5.74) is -0.431. The average Bonchev–Trinajstić information content (AvgIpc) is 2.96. The lowest BCUT2D eigenvalue weighted by Crippen LogP contribution is -2.31. The fourth-order valence-corrected chi connectivity index (χ4v) is 3.55. The Kier molecular flexibility index (Phi) is 5.23. The Morgan fingerprint density at radius 1 is 1.10 bits per heavy atom. The maximum absolute atomic E-state index is 12.9. The van der Waals surface area contributed by atoms with Crippen molar-refractivity contribution in [1.29, 1.82) is 0 Å². The van der Waals surface area contributed by atoms with Gasteiger partial charge in [-0.1, -0.05) is 6.42 Å². The molecule has 152 valence electrons. The molecule has 4 rings (SSSR count). The van der Waals surface area contributed by atoms with Crippen LogP contribution < -0.4 is 10.6 Å². The van der Waals surface area contributed by atoms with Crippen LogP contribution in [0.1, 0.15) is 24.8 Å². The van der Waals surface area contributed by atoms with E-state index in [-0.39, 0.29) is 11.6 Å². The van der Waals surface area contributed by atoms with Crippen molar-refractivity contribution in [2.24, 2.45) is 0 Å². The molecule has 1 aromatic carbocycles. The number of benzene rings is 1. The summed E-state index contributed by atoms with van der Waals surface area (Å²) in [6, 6.07) is 4.75. The number of pyridine rings is 1. The highest BCUT2D eigenvalue weighted by atomic mass is 19.4. The molecule has 1 saturated heterocycles. The van der Waals surface area contributed by atoms with E-state index in [0.29, 0.717) is 28.4 Å². The SMILES string of the molecule is Oc1cc(C(F)(F)F)ccc1-c1nnc(N[C@@H]2CCCCNC2)c2cnccc12. The van der Waals surface area contributed by atoms with Gasteiger partial charge >= 0.3 is 6.18 Å². The third kappa shape index (κ3) is 4.09. The Labute approximate surface area is 165 Å². The van der Waals surface area contributed by atoms with Crippen LogP contribution in [0.4, 0.5) is 19.0 Å². The number of phenols is 1. The molecule has 2 aromatic heterocycles. The van der Waals surface area contributed by atoms with Crippen molar-refractivity contribution in [1.82, 2.24) is 20.5 Å². The number of nitrogens with one attached hydrogen (secondary N) is 2. The van der Waals surface area contributed by atoms with Crippen LogP contribution in [0.3, 0.4) is 0 Å². The number of phenolic OH excluding ortho intramolecular Hbond substituents is 1. The molecule has 6 nitrogen and oxygen atoms in total. The van der Waals surface area contributed by atoms with Crippen LogP contribution in [0.2, 0.25) is 0 Å². The number of nitrogens with zero attached hydrogens (tertiary/aromatic N) is 3. The van der Waals surface area contributed by atoms with Crippen molar-refractivity contribution < 1.29 is 18.3 Å². The van der Waals surface area contributed by atoms with E-state index in [2.05, 4.69) is 25.8 Å². The van der Waals surface area contributed by atoms with Gasteiger partial charge in [-0.05, 0) is 43.7 Å². The minimum Gasteiger partial charge on any atom is -0.507 e. The predicted octanol–water partition coefficient (Wildman–Crippen LogP) is 3.97. The summed E-state index contributed by atoms with van der Waals surface area (Å²) >= 11 is 0. The molecule has 3 aromatic rings. The minimum absolute atomic E-state index is 0.185. The highest BCUT2D eigenvalue weighted by Gasteiger charge is 2.31. The highest BCUT2D eigenvalue weighted by Crippen LogP contribution is 2.38. The lowest BCUT2D eigenvalue weighted by molar-refractivity contribution is -0.137. The van der Waals surface area contributed by atoms with E-state index in [9.17, 15) is 18.3 Å². The fourth-order valence-electron chi connectivity index (χ4n) is 3.55. The predicted molar refractivity (Wildman–Crippen MR) is 104 cm³/mol. The van der Waals surface area contributed by atoms with Crippen molar-refractivity contribution in [3.63, 3.8) is 0 Å². The van der Waals surface area contributed by atoms with Crippen LogP contribution in [0, 0.1) is 0 Å². The smallest absolute Gasteiger partial charge is 0.416 e. The van der Waals surface area contributed by atoms with Crippen LogP contribution in [0.25, 0.3) is 22.0 Å². The molecular formula is C20H20F3N5O. The van der Waals surface area contributed by atoms with Crippen molar-refractivity contribution in [3.05, 3.63) is 42.2 Å². The standard InChI is InChI=1S/C20H20F3N5O/c21-20(22,23)12-4-5-15(17(29)9-12)18-14-6-8-25-11-16(14)19(28-27-18)26-13-3-1-2-7-24-10-13/h4-6,8-9,11,13,24,29H,1-3,7,10H2,(H,26,28)/t13-/m1/s1. The quantitative estimate of drug-likeness (QED) is 0.614. The van der Waals surface area contributed by atoms with Gasteiger partial charge in [-0.15, -0.1) is 10.2 Å². The summed E-state index contributed by atoms with van der Waals surface area (Å²) in [7, 11) is 0. The molecule has 0 saturated carbocycles. The number of hydrogen-bond acceptors (Lipinski definition) is 6. The molecule has 1 aliphatic heterocycles. The molecule has 0 radical (unpaired) electrons. The zero-order valence-corrected chi connectivity index (χ0v) is 15.5. The molecule has 0 bridgehead atoms. The molecule has 1 fully saturated rings. The van der Waals surface area contributed by atoms with Gasteiger partial charge in [-0.2, -0.15) is 13.2 Å². The third-order valence-electron chi connectivity index (χ3n) is 5.05. The second-order valence-corrected chi connectivity index (χ2v) is 7.09. The Morgan fingerprint density at radius 3 is 2.76 bits per heavy atom. The van der Waals surface area contributed by atoms with Gasteiger partial charge in [-0.25, -0.2) is 0 Å².